The first kappa shape index (κ1) is 14.6. The van der Waals surface area contributed by atoms with Gasteiger partial charge in [0.15, 0.2) is 0 Å². The van der Waals surface area contributed by atoms with Crippen molar-refractivity contribution in [1.29, 1.82) is 0 Å². The number of anilines is 1. The molecule has 0 fully saturated rings. The van der Waals surface area contributed by atoms with Crippen LogP contribution in [0.25, 0.3) is 10.9 Å². The number of hydrogen-bond donors (Lipinski definition) is 2. The number of benzene rings is 1. The Morgan fingerprint density at radius 3 is 2.75 bits per heavy atom. The number of fused-ring (bicyclic) bond motifs is 1. The van der Waals surface area contributed by atoms with Gasteiger partial charge in [0.05, 0.1) is 0 Å². The van der Waals surface area contributed by atoms with Gasteiger partial charge in [-0.15, -0.1) is 0 Å². The summed E-state index contributed by atoms with van der Waals surface area (Å²) in [5.74, 6) is 0. The minimum absolute atomic E-state index is 0.274. The van der Waals surface area contributed by atoms with Crippen LogP contribution >= 0.6 is 0 Å². The van der Waals surface area contributed by atoms with Gasteiger partial charge in [0.2, 0.25) is 10.0 Å². The molecule has 0 saturated carbocycles. The summed E-state index contributed by atoms with van der Waals surface area (Å²) in [6.07, 6.45) is 1.51. The van der Waals surface area contributed by atoms with E-state index in [9.17, 15) is 8.42 Å². The predicted octanol–water partition coefficient (Wildman–Crippen LogP) is 2.34. The van der Waals surface area contributed by atoms with Gasteiger partial charge < -0.3 is 10.7 Å². The second kappa shape index (κ2) is 5.30. The highest BCUT2D eigenvalue weighted by Crippen LogP contribution is 2.27. The zero-order chi connectivity index (χ0) is 14.9. The van der Waals surface area contributed by atoms with Gasteiger partial charge in [-0.3, -0.25) is 0 Å². The predicted molar refractivity (Wildman–Crippen MR) is 82.0 cm³/mol. The number of sulfonamides is 1. The first-order valence-corrected chi connectivity index (χ1v) is 7.81. The molecule has 0 unspecified atom stereocenters. The normalized spacial score (nSPS) is 12.2. The largest absolute Gasteiger partial charge is 0.399 e. The summed E-state index contributed by atoms with van der Waals surface area (Å²) >= 11 is 0. The number of likely N-dealkylation sites (N-methyl/N-ethyl adjacent to an activating group) is 1. The molecule has 108 valence electrons. The number of hydrogen-bond acceptors (Lipinski definition) is 3. The maximum Gasteiger partial charge on any atom is 0.245 e. The Bertz CT molecular complexity index is 747. The minimum Gasteiger partial charge on any atom is -0.399 e. The Morgan fingerprint density at radius 1 is 1.45 bits per heavy atom. The molecular formula is C14H19N3O2S. The van der Waals surface area contributed by atoms with Crippen molar-refractivity contribution >= 4 is 26.6 Å². The van der Waals surface area contributed by atoms with Crippen LogP contribution in [-0.4, -0.2) is 30.8 Å². The zero-order valence-corrected chi connectivity index (χ0v) is 12.5. The van der Waals surface area contributed by atoms with Gasteiger partial charge in [-0.25, -0.2) is 8.42 Å². The summed E-state index contributed by atoms with van der Waals surface area (Å²) < 4.78 is 26.8. The van der Waals surface area contributed by atoms with Gasteiger partial charge in [0.25, 0.3) is 0 Å². The average molecular weight is 293 g/mol. The lowest BCUT2D eigenvalue weighted by atomic mass is 10.2. The first-order chi connectivity index (χ1) is 9.36. The maximum absolute atomic E-state index is 12.7. The Hall–Kier alpha value is -1.79. The number of nitrogens with two attached hydrogens (primary N) is 1. The molecule has 6 heteroatoms. The average Bonchev–Trinajstić information content (AvgIpc) is 2.78. The van der Waals surface area contributed by atoms with Crippen LogP contribution in [-0.2, 0) is 10.0 Å². The second-order valence-corrected chi connectivity index (χ2v) is 6.75. The zero-order valence-electron chi connectivity index (χ0n) is 11.7. The van der Waals surface area contributed by atoms with E-state index in [0.717, 1.165) is 11.1 Å². The van der Waals surface area contributed by atoms with Gasteiger partial charge >= 0.3 is 0 Å². The Labute approximate surface area is 119 Å². The van der Waals surface area contributed by atoms with Crippen molar-refractivity contribution in [2.75, 3.05) is 18.8 Å². The van der Waals surface area contributed by atoms with E-state index >= 15 is 0 Å². The van der Waals surface area contributed by atoms with Crippen LogP contribution in [0.2, 0.25) is 0 Å². The summed E-state index contributed by atoms with van der Waals surface area (Å²) in [6, 6.07) is 5.15. The lowest BCUT2D eigenvalue weighted by molar-refractivity contribution is 0.453. The third kappa shape index (κ3) is 2.57. The van der Waals surface area contributed by atoms with E-state index in [1.165, 1.54) is 10.5 Å². The van der Waals surface area contributed by atoms with Crippen molar-refractivity contribution in [3.8, 4) is 0 Å². The number of rotatable bonds is 5. The molecule has 2 rings (SSSR count). The van der Waals surface area contributed by atoms with Crippen LogP contribution in [0.3, 0.4) is 0 Å². The molecular weight excluding hydrogens is 274 g/mol. The molecule has 0 amide bonds. The van der Waals surface area contributed by atoms with E-state index in [-0.39, 0.29) is 4.90 Å². The van der Waals surface area contributed by atoms with E-state index in [1.807, 2.05) is 13.8 Å². The molecule has 0 atom stereocenters. The molecule has 1 aromatic carbocycles. The molecule has 2 aromatic rings. The fourth-order valence-corrected chi connectivity index (χ4v) is 3.81. The third-order valence-electron chi connectivity index (χ3n) is 3.08. The fraction of sp³-hybridized carbons (Fsp3) is 0.286. The summed E-state index contributed by atoms with van der Waals surface area (Å²) in [7, 11) is -3.54. The topological polar surface area (TPSA) is 79.2 Å². The van der Waals surface area contributed by atoms with Crippen LogP contribution in [0.5, 0.6) is 0 Å². The van der Waals surface area contributed by atoms with Gasteiger partial charge in [0.1, 0.15) is 4.90 Å². The Kier molecular flexibility index (Phi) is 3.87. The molecule has 0 aliphatic heterocycles. The standard InChI is InChI=1S/C14H19N3O2S/c1-4-17(9-10(2)3)20(18,19)14-8-16-13-7-11(15)5-6-12(13)14/h5-8,16H,2,4,9,15H2,1,3H3. The molecule has 1 aromatic heterocycles. The minimum atomic E-state index is -3.54. The van der Waals surface area contributed by atoms with Crippen molar-refractivity contribution in [3.05, 3.63) is 36.5 Å². The monoisotopic (exact) mass is 293 g/mol. The third-order valence-corrected chi connectivity index (χ3v) is 5.05. The molecule has 0 saturated heterocycles. The van der Waals surface area contributed by atoms with Gasteiger partial charge in [-0.1, -0.05) is 19.1 Å². The number of nitrogens with zero attached hydrogens (tertiary/aromatic N) is 1. The van der Waals surface area contributed by atoms with Crippen molar-refractivity contribution in [3.63, 3.8) is 0 Å². The molecule has 0 spiro atoms. The number of nitrogen functional groups attached to an aromatic ring is 1. The van der Waals surface area contributed by atoms with Crippen LogP contribution in [0.1, 0.15) is 13.8 Å². The van der Waals surface area contributed by atoms with E-state index < -0.39 is 10.0 Å². The molecule has 0 radical (unpaired) electrons. The highest BCUT2D eigenvalue weighted by atomic mass is 32.2. The molecule has 5 nitrogen and oxygen atoms in total. The van der Waals surface area contributed by atoms with E-state index in [4.69, 9.17) is 5.73 Å². The van der Waals surface area contributed by atoms with E-state index in [0.29, 0.717) is 24.2 Å². The fourth-order valence-electron chi connectivity index (χ4n) is 2.14. The molecule has 0 aliphatic rings. The van der Waals surface area contributed by atoms with E-state index in [2.05, 4.69) is 11.6 Å². The smallest absolute Gasteiger partial charge is 0.245 e. The maximum atomic E-state index is 12.7. The SMILES string of the molecule is C=C(C)CN(CC)S(=O)(=O)c1c[nH]c2cc(N)ccc12. The summed E-state index contributed by atoms with van der Waals surface area (Å²) in [5, 5.41) is 0.652. The summed E-state index contributed by atoms with van der Waals surface area (Å²) in [5.41, 5.74) is 7.82. The van der Waals surface area contributed by atoms with Crippen LogP contribution in [0, 0.1) is 0 Å². The Balaban J connectivity index is 2.53. The number of nitrogens with one attached hydrogen (secondary N) is 1. The summed E-state index contributed by atoms with van der Waals surface area (Å²) in [4.78, 5) is 3.23. The Morgan fingerprint density at radius 2 is 2.15 bits per heavy atom. The molecule has 20 heavy (non-hydrogen) atoms. The van der Waals surface area contributed by atoms with Crippen LogP contribution in [0.15, 0.2) is 41.4 Å². The highest BCUT2D eigenvalue weighted by Gasteiger charge is 2.25. The van der Waals surface area contributed by atoms with Gasteiger partial charge in [-0.2, -0.15) is 4.31 Å². The van der Waals surface area contributed by atoms with Crippen molar-refractivity contribution in [2.24, 2.45) is 0 Å². The molecule has 0 aliphatic carbocycles. The van der Waals surface area contributed by atoms with Crippen molar-refractivity contribution in [1.82, 2.24) is 9.29 Å². The molecule has 0 bridgehead atoms. The van der Waals surface area contributed by atoms with Crippen molar-refractivity contribution in [2.45, 2.75) is 18.7 Å². The quantitative estimate of drug-likeness (QED) is 0.656. The number of aromatic nitrogens is 1. The number of H-pyrrole nitrogens is 1. The highest BCUT2D eigenvalue weighted by molar-refractivity contribution is 7.89. The lowest BCUT2D eigenvalue weighted by Gasteiger charge is -2.20. The second-order valence-electron chi connectivity index (χ2n) is 4.85. The number of aromatic amines is 1. The van der Waals surface area contributed by atoms with Crippen LogP contribution < -0.4 is 5.73 Å². The molecule has 1 heterocycles. The van der Waals surface area contributed by atoms with E-state index in [1.54, 1.807) is 18.2 Å². The van der Waals surface area contributed by atoms with Gasteiger partial charge in [-0.05, 0) is 25.1 Å². The van der Waals surface area contributed by atoms with Crippen molar-refractivity contribution < 1.29 is 8.42 Å². The van der Waals surface area contributed by atoms with Gasteiger partial charge in [0, 0.05) is 35.9 Å². The lowest BCUT2D eigenvalue weighted by Crippen LogP contribution is -2.32. The van der Waals surface area contributed by atoms with Crippen LogP contribution in [0.4, 0.5) is 5.69 Å². The first-order valence-electron chi connectivity index (χ1n) is 6.37. The molecule has 3 N–H and O–H groups in total. The summed E-state index contributed by atoms with van der Waals surface area (Å²) in [6.45, 7) is 8.13.